The van der Waals surface area contributed by atoms with Crippen LogP contribution in [0.3, 0.4) is 0 Å². The van der Waals surface area contributed by atoms with Crippen molar-refractivity contribution in [1.82, 2.24) is 9.38 Å². The van der Waals surface area contributed by atoms with E-state index < -0.39 is 0 Å². The van der Waals surface area contributed by atoms with Gasteiger partial charge in [-0.15, -0.1) is 0 Å². The minimum atomic E-state index is -0.257. The summed E-state index contributed by atoms with van der Waals surface area (Å²) in [7, 11) is 0. The molecule has 106 valence electrons. The zero-order valence-corrected chi connectivity index (χ0v) is 11.7. The molecule has 21 heavy (non-hydrogen) atoms. The Hall–Kier alpha value is -2.74. The zero-order chi connectivity index (χ0) is 15.0. The summed E-state index contributed by atoms with van der Waals surface area (Å²) in [6, 6.07) is 9.36. The fourth-order valence-corrected chi connectivity index (χ4v) is 2.65. The average Bonchev–Trinajstić information content (AvgIpc) is 2.87. The minimum absolute atomic E-state index is 0.122. The molecule has 1 aromatic carbocycles. The van der Waals surface area contributed by atoms with Gasteiger partial charge in [-0.3, -0.25) is 9.20 Å². The van der Waals surface area contributed by atoms with Crippen molar-refractivity contribution in [1.29, 1.82) is 5.26 Å². The third-order valence-corrected chi connectivity index (χ3v) is 3.73. The number of para-hydroxylation sites is 2. The van der Waals surface area contributed by atoms with E-state index in [4.69, 9.17) is 0 Å². The Labute approximate surface area is 121 Å². The number of benzene rings is 1. The van der Waals surface area contributed by atoms with Gasteiger partial charge in [0, 0.05) is 0 Å². The van der Waals surface area contributed by atoms with Gasteiger partial charge in [-0.05, 0) is 25.0 Å². The van der Waals surface area contributed by atoms with Crippen LogP contribution in [-0.2, 0) is 6.42 Å². The molecule has 0 aliphatic heterocycles. The number of H-pyrrole nitrogens is 1. The van der Waals surface area contributed by atoms with Crippen LogP contribution in [0.25, 0.3) is 16.7 Å². The Bertz CT molecular complexity index is 928. The number of hydrogen-bond acceptors (Lipinski definition) is 3. The summed E-state index contributed by atoms with van der Waals surface area (Å²) >= 11 is 0. The maximum Gasteiger partial charge on any atom is 0.263 e. The van der Waals surface area contributed by atoms with Gasteiger partial charge in [0.05, 0.1) is 16.6 Å². The number of rotatable bonds is 3. The molecule has 0 amide bonds. The number of nitriles is 1. The van der Waals surface area contributed by atoms with E-state index in [9.17, 15) is 15.2 Å². The molecule has 0 unspecified atom stereocenters. The number of aromatic nitrogens is 2. The lowest BCUT2D eigenvalue weighted by Crippen LogP contribution is -2.19. The summed E-state index contributed by atoms with van der Waals surface area (Å²) in [6.07, 6.45) is 2.18. The van der Waals surface area contributed by atoms with Crippen LogP contribution < -0.4 is 5.56 Å². The summed E-state index contributed by atoms with van der Waals surface area (Å²) in [5.74, 6) is -0.192. The minimum Gasteiger partial charge on any atom is -0.506 e. The van der Waals surface area contributed by atoms with Gasteiger partial charge in [0.2, 0.25) is 0 Å². The first-order valence-electron chi connectivity index (χ1n) is 6.96. The van der Waals surface area contributed by atoms with E-state index in [-0.39, 0.29) is 16.9 Å². The van der Waals surface area contributed by atoms with Gasteiger partial charge in [0.25, 0.3) is 5.56 Å². The quantitative estimate of drug-likeness (QED) is 0.774. The number of imidazole rings is 1. The molecule has 0 bridgehead atoms. The van der Waals surface area contributed by atoms with Crippen LogP contribution in [-0.4, -0.2) is 14.5 Å². The van der Waals surface area contributed by atoms with Gasteiger partial charge in [-0.25, -0.2) is 0 Å². The molecular weight excluding hydrogens is 266 g/mol. The smallest absolute Gasteiger partial charge is 0.263 e. The monoisotopic (exact) mass is 281 g/mol. The molecule has 3 aromatic rings. The van der Waals surface area contributed by atoms with Crippen LogP contribution in [0.4, 0.5) is 0 Å². The van der Waals surface area contributed by atoms with E-state index in [0.717, 1.165) is 18.4 Å². The second-order valence-electron chi connectivity index (χ2n) is 5.05. The number of nitrogens with zero attached hydrogens (tertiary/aromatic N) is 2. The van der Waals surface area contributed by atoms with Crippen molar-refractivity contribution in [3.63, 3.8) is 0 Å². The Balaban J connectivity index is 2.48. The Morgan fingerprint density at radius 2 is 2.14 bits per heavy atom. The molecule has 2 heterocycles. The lowest BCUT2D eigenvalue weighted by Gasteiger charge is -2.07. The van der Waals surface area contributed by atoms with Crippen molar-refractivity contribution in [2.45, 2.75) is 26.2 Å². The molecule has 2 aromatic heterocycles. The van der Waals surface area contributed by atoms with Gasteiger partial charge in [-0.1, -0.05) is 25.5 Å². The first-order chi connectivity index (χ1) is 10.2. The normalized spacial score (nSPS) is 11.0. The number of pyridine rings is 1. The average molecular weight is 281 g/mol. The van der Waals surface area contributed by atoms with Crippen LogP contribution in [0.15, 0.2) is 29.1 Å². The third kappa shape index (κ3) is 1.88. The van der Waals surface area contributed by atoms with E-state index in [0.29, 0.717) is 23.1 Å². The molecule has 3 rings (SSSR count). The maximum absolute atomic E-state index is 12.7. The largest absolute Gasteiger partial charge is 0.506 e. The molecule has 0 spiro atoms. The third-order valence-electron chi connectivity index (χ3n) is 3.73. The van der Waals surface area contributed by atoms with Crippen LogP contribution in [0.5, 0.6) is 5.75 Å². The lowest BCUT2D eigenvalue weighted by atomic mass is 10.1. The van der Waals surface area contributed by atoms with Crippen molar-refractivity contribution in [2.75, 3.05) is 0 Å². The SMILES string of the molecule is CCCCc1c(O)c(C#N)c2[nH]c3ccccc3n2c1=O. The maximum atomic E-state index is 12.7. The summed E-state index contributed by atoms with van der Waals surface area (Å²) in [6.45, 7) is 2.02. The Morgan fingerprint density at radius 1 is 1.38 bits per heavy atom. The van der Waals surface area contributed by atoms with Crippen molar-refractivity contribution >= 4 is 16.7 Å². The topological polar surface area (TPSA) is 81.3 Å². The predicted molar refractivity (Wildman–Crippen MR) is 80.5 cm³/mol. The van der Waals surface area contributed by atoms with Gasteiger partial charge in [0.15, 0.2) is 0 Å². The van der Waals surface area contributed by atoms with Crippen LogP contribution in [0.1, 0.15) is 30.9 Å². The number of nitrogens with one attached hydrogen (secondary N) is 1. The fourth-order valence-electron chi connectivity index (χ4n) is 2.65. The molecule has 5 nitrogen and oxygen atoms in total. The number of unbranched alkanes of at least 4 members (excludes halogenated alkanes) is 1. The van der Waals surface area contributed by atoms with E-state index in [2.05, 4.69) is 4.98 Å². The van der Waals surface area contributed by atoms with Gasteiger partial charge in [-0.2, -0.15) is 5.26 Å². The summed E-state index contributed by atoms with van der Waals surface area (Å²) in [5.41, 5.74) is 2.01. The molecule has 0 atom stereocenters. The zero-order valence-electron chi connectivity index (χ0n) is 11.7. The highest BCUT2D eigenvalue weighted by atomic mass is 16.3. The van der Waals surface area contributed by atoms with E-state index in [1.807, 2.05) is 37.3 Å². The molecule has 0 saturated carbocycles. The number of aromatic amines is 1. The van der Waals surface area contributed by atoms with Crippen LogP contribution in [0.2, 0.25) is 0 Å². The molecule has 0 saturated heterocycles. The van der Waals surface area contributed by atoms with Crippen molar-refractivity contribution < 1.29 is 5.11 Å². The molecular formula is C16H15N3O2. The molecule has 0 fully saturated rings. The highest BCUT2D eigenvalue weighted by molar-refractivity contribution is 5.83. The van der Waals surface area contributed by atoms with Crippen molar-refractivity contribution in [3.8, 4) is 11.8 Å². The second-order valence-corrected chi connectivity index (χ2v) is 5.05. The number of fused-ring (bicyclic) bond motifs is 3. The first kappa shape index (κ1) is 13.3. The summed E-state index contributed by atoms with van der Waals surface area (Å²) in [5, 5.41) is 19.6. The van der Waals surface area contributed by atoms with E-state index >= 15 is 0 Å². The Morgan fingerprint density at radius 3 is 2.86 bits per heavy atom. The lowest BCUT2D eigenvalue weighted by molar-refractivity contribution is 0.463. The predicted octanol–water partition coefficient (Wildman–Crippen LogP) is 2.70. The van der Waals surface area contributed by atoms with Gasteiger partial charge in [0.1, 0.15) is 23.0 Å². The molecule has 5 heteroatoms. The fraction of sp³-hybridized carbons (Fsp3) is 0.250. The van der Waals surface area contributed by atoms with Gasteiger partial charge < -0.3 is 10.1 Å². The number of aromatic hydroxyl groups is 1. The van der Waals surface area contributed by atoms with Crippen LogP contribution in [0, 0.1) is 11.3 Å². The van der Waals surface area contributed by atoms with Crippen molar-refractivity contribution in [3.05, 3.63) is 45.7 Å². The van der Waals surface area contributed by atoms with Crippen LogP contribution >= 0.6 is 0 Å². The van der Waals surface area contributed by atoms with Gasteiger partial charge >= 0.3 is 0 Å². The highest BCUT2D eigenvalue weighted by Crippen LogP contribution is 2.26. The standard InChI is InChI=1S/C16H15N3O2/c1-2-3-6-10-14(20)11(9-17)15-18-12-7-4-5-8-13(12)19(15)16(10)21/h4-5,7-8,18,20H,2-3,6H2,1H3. The molecule has 0 aliphatic carbocycles. The Kier molecular flexibility index (Phi) is 3.15. The molecule has 0 radical (unpaired) electrons. The van der Waals surface area contributed by atoms with Crippen molar-refractivity contribution in [2.24, 2.45) is 0 Å². The second kappa shape index (κ2) is 4.98. The molecule has 2 N–H and O–H groups in total. The summed E-state index contributed by atoms with van der Waals surface area (Å²) in [4.78, 5) is 15.7. The molecule has 0 aliphatic rings. The van der Waals surface area contributed by atoms with E-state index in [1.54, 1.807) is 0 Å². The first-order valence-corrected chi connectivity index (χ1v) is 6.96. The summed E-state index contributed by atoms with van der Waals surface area (Å²) < 4.78 is 1.48. The highest BCUT2D eigenvalue weighted by Gasteiger charge is 2.19. The number of hydrogen-bond donors (Lipinski definition) is 2. The van der Waals surface area contributed by atoms with E-state index in [1.165, 1.54) is 4.40 Å².